The van der Waals surface area contributed by atoms with E-state index in [4.69, 9.17) is 4.74 Å². The van der Waals surface area contributed by atoms with Crippen LogP contribution in [0.5, 0.6) is 5.75 Å². The van der Waals surface area contributed by atoms with Crippen LogP contribution in [0.3, 0.4) is 0 Å². The van der Waals surface area contributed by atoms with E-state index in [2.05, 4.69) is 38.6 Å². The van der Waals surface area contributed by atoms with Crippen molar-refractivity contribution in [2.24, 2.45) is 0 Å². The summed E-state index contributed by atoms with van der Waals surface area (Å²) in [6, 6.07) is 16.3. The first-order valence-corrected chi connectivity index (χ1v) is 13.9. The van der Waals surface area contributed by atoms with E-state index in [-0.39, 0.29) is 11.8 Å². The maximum Gasteiger partial charge on any atom is 0.234 e. The minimum Gasteiger partial charge on any atom is -0.493 e. The first kappa shape index (κ1) is 27.1. The van der Waals surface area contributed by atoms with Crippen molar-refractivity contribution < 1.29 is 14.3 Å². The second kappa shape index (κ2) is 14.7. The molecular formula is C30H42N4O3. The summed E-state index contributed by atoms with van der Waals surface area (Å²) in [5, 5.41) is 6.15. The van der Waals surface area contributed by atoms with Gasteiger partial charge in [-0.25, -0.2) is 0 Å². The van der Waals surface area contributed by atoms with Crippen molar-refractivity contribution in [1.82, 2.24) is 20.4 Å². The number of nitrogens with zero attached hydrogens (tertiary/aromatic N) is 2. The van der Waals surface area contributed by atoms with E-state index < -0.39 is 0 Å². The lowest BCUT2D eigenvalue weighted by Crippen LogP contribution is -2.37. The van der Waals surface area contributed by atoms with E-state index in [1.807, 2.05) is 30.3 Å². The van der Waals surface area contributed by atoms with Crippen molar-refractivity contribution in [3.63, 3.8) is 0 Å². The van der Waals surface area contributed by atoms with Crippen molar-refractivity contribution in [2.75, 3.05) is 45.9 Å². The summed E-state index contributed by atoms with van der Waals surface area (Å²) in [4.78, 5) is 29.9. The average Bonchev–Trinajstić information content (AvgIpc) is 3.41. The van der Waals surface area contributed by atoms with Crippen LogP contribution < -0.4 is 15.4 Å². The van der Waals surface area contributed by atoms with Crippen molar-refractivity contribution in [3.05, 3.63) is 65.2 Å². The Bertz CT molecular complexity index is 992. The van der Waals surface area contributed by atoms with E-state index >= 15 is 0 Å². The molecule has 37 heavy (non-hydrogen) atoms. The van der Waals surface area contributed by atoms with Crippen LogP contribution in [0.25, 0.3) is 0 Å². The quantitative estimate of drug-likeness (QED) is 0.536. The van der Waals surface area contributed by atoms with Gasteiger partial charge in [0.1, 0.15) is 5.75 Å². The molecule has 7 heteroatoms. The molecule has 2 amide bonds. The van der Waals surface area contributed by atoms with Crippen LogP contribution in [0, 0.1) is 0 Å². The Morgan fingerprint density at radius 3 is 2.59 bits per heavy atom. The van der Waals surface area contributed by atoms with Crippen LogP contribution in [0.15, 0.2) is 48.5 Å². The van der Waals surface area contributed by atoms with E-state index in [1.165, 1.54) is 25.9 Å². The first-order valence-electron chi connectivity index (χ1n) is 13.9. The molecule has 2 aliphatic heterocycles. The molecule has 2 N–H and O–H groups in total. The molecule has 0 aliphatic carbocycles. The molecule has 2 aliphatic rings. The molecular weight excluding hydrogens is 464 g/mol. The number of carbonyl (C=O) groups excluding carboxylic acids is 2. The molecule has 0 aromatic heterocycles. The summed E-state index contributed by atoms with van der Waals surface area (Å²) in [6.07, 6.45) is 6.83. The maximum absolute atomic E-state index is 12.7. The Balaban J connectivity index is 1.41. The fourth-order valence-corrected chi connectivity index (χ4v) is 5.11. The number of ether oxygens (including phenoxy) is 1. The first-order chi connectivity index (χ1) is 18.2. The van der Waals surface area contributed by atoms with Crippen molar-refractivity contribution in [2.45, 2.75) is 58.0 Å². The lowest BCUT2D eigenvalue weighted by molar-refractivity contribution is -0.122. The number of amides is 2. The number of carbonyl (C=O) groups is 2. The van der Waals surface area contributed by atoms with E-state index in [9.17, 15) is 9.59 Å². The van der Waals surface area contributed by atoms with Gasteiger partial charge >= 0.3 is 0 Å². The number of fused-ring (bicyclic) bond motifs is 1. The van der Waals surface area contributed by atoms with E-state index in [0.717, 1.165) is 54.7 Å². The molecule has 7 nitrogen and oxygen atoms in total. The molecule has 2 heterocycles. The topological polar surface area (TPSA) is 73.9 Å². The minimum absolute atomic E-state index is 0.0436. The fourth-order valence-electron chi connectivity index (χ4n) is 5.11. The van der Waals surface area contributed by atoms with Gasteiger partial charge in [0.15, 0.2) is 0 Å². The number of rotatable bonds is 8. The Kier molecular flexibility index (Phi) is 10.8. The maximum atomic E-state index is 12.7. The Hall–Kier alpha value is -2.90. The number of hydrogen-bond acceptors (Lipinski definition) is 5. The zero-order chi connectivity index (χ0) is 25.7. The molecule has 2 aromatic rings. The van der Waals surface area contributed by atoms with Crippen LogP contribution >= 0.6 is 0 Å². The summed E-state index contributed by atoms with van der Waals surface area (Å²) in [7, 11) is 0. The van der Waals surface area contributed by atoms with Crippen molar-refractivity contribution >= 4 is 11.8 Å². The highest BCUT2D eigenvalue weighted by molar-refractivity contribution is 5.79. The molecule has 2 aromatic carbocycles. The molecule has 0 spiro atoms. The van der Waals surface area contributed by atoms with Crippen molar-refractivity contribution in [1.29, 1.82) is 0 Å². The average molecular weight is 507 g/mol. The van der Waals surface area contributed by atoms with Crippen molar-refractivity contribution in [3.8, 4) is 5.75 Å². The molecule has 0 radical (unpaired) electrons. The highest BCUT2D eigenvalue weighted by Crippen LogP contribution is 2.24. The summed E-state index contributed by atoms with van der Waals surface area (Å²) in [5.41, 5.74) is 3.14. The molecule has 0 bridgehead atoms. The highest BCUT2D eigenvalue weighted by atomic mass is 16.5. The third-order valence-electron chi connectivity index (χ3n) is 7.07. The van der Waals surface area contributed by atoms with Crippen LogP contribution in [0.4, 0.5) is 0 Å². The van der Waals surface area contributed by atoms with Crippen LogP contribution in [-0.2, 0) is 29.1 Å². The summed E-state index contributed by atoms with van der Waals surface area (Å²) < 4.78 is 6.18. The third-order valence-corrected chi connectivity index (χ3v) is 7.07. The normalized spacial score (nSPS) is 18.0. The van der Waals surface area contributed by atoms with Crippen LogP contribution in [-0.4, -0.2) is 67.5 Å². The summed E-state index contributed by atoms with van der Waals surface area (Å²) in [6.45, 7) is 7.04. The lowest BCUT2D eigenvalue weighted by Gasteiger charge is -2.23. The lowest BCUT2D eigenvalue weighted by atomic mass is 10.1. The predicted octanol–water partition coefficient (Wildman–Crippen LogP) is 3.51. The third kappa shape index (κ3) is 9.48. The second-order valence-electron chi connectivity index (χ2n) is 10.3. The zero-order valence-electron chi connectivity index (χ0n) is 22.1. The Morgan fingerprint density at radius 1 is 0.919 bits per heavy atom. The fraction of sp³-hybridized carbons (Fsp3) is 0.533. The number of likely N-dealkylation sites (tertiary alicyclic amines) is 1. The van der Waals surface area contributed by atoms with Gasteiger partial charge < -0.3 is 20.3 Å². The smallest absolute Gasteiger partial charge is 0.234 e. The molecule has 0 atom stereocenters. The molecule has 0 unspecified atom stereocenters. The van der Waals surface area contributed by atoms with Crippen LogP contribution in [0.1, 0.15) is 55.2 Å². The van der Waals surface area contributed by atoms with E-state index in [1.54, 1.807) is 0 Å². The number of hydrogen-bond donors (Lipinski definition) is 2. The van der Waals surface area contributed by atoms with Crippen LogP contribution in [0.2, 0.25) is 0 Å². The Morgan fingerprint density at radius 2 is 1.76 bits per heavy atom. The molecule has 200 valence electrons. The van der Waals surface area contributed by atoms with Gasteiger partial charge in [-0.1, -0.05) is 42.5 Å². The van der Waals surface area contributed by atoms with Gasteiger partial charge in [-0.2, -0.15) is 0 Å². The zero-order valence-corrected chi connectivity index (χ0v) is 22.1. The van der Waals surface area contributed by atoms with Gasteiger partial charge in [-0.15, -0.1) is 0 Å². The Labute approximate surface area is 221 Å². The summed E-state index contributed by atoms with van der Waals surface area (Å²) >= 11 is 0. The molecule has 1 fully saturated rings. The number of benzene rings is 2. The predicted molar refractivity (Wildman–Crippen MR) is 146 cm³/mol. The second-order valence-corrected chi connectivity index (χ2v) is 10.3. The molecule has 4 rings (SSSR count). The highest BCUT2D eigenvalue weighted by Gasteiger charge is 2.17. The van der Waals surface area contributed by atoms with Gasteiger partial charge in [-0.05, 0) is 75.4 Å². The SMILES string of the molecule is O=C(Cc1ccc2c(c1)CN(Cc1ccccc1)CC(=O)NCCCCCO2)NCCCN1CCCC1. The van der Waals surface area contributed by atoms with Gasteiger partial charge in [-0.3, -0.25) is 14.5 Å². The van der Waals surface area contributed by atoms with Gasteiger partial charge in [0.05, 0.1) is 19.6 Å². The molecule has 1 saturated heterocycles. The summed E-state index contributed by atoms with van der Waals surface area (Å²) in [5.74, 6) is 0.932. The minimum atomic E-state index is 0.0436. The largest absolute Gasteiger partial charge is 0.493 e. The molecule has 0 saturated carbocycles. The van der Waals surface area contributed by atoms with Gasteiger partial charge in [0, 0.05) is 31.7 Å². The van der Waals surface area contributed by atoms with E-state index in [0.29, 0.717) is 45.8 Å². The van der Waals surface area contributed by atoms with Gasteiger partial charge in [0.25, 0.3) is 0 Å². The monoisotopic (exact) mass is 506 g/mol. The standard InChI is InChI=1S/C30H42N4O3/c35-29(31-15-9-18-33-16-6-7-17-33)21-26-12-13-28-27(20-26)23-34(22-25-10-3-1-4-11-25)24-30(36)32-14-5-2-8-19-37-28/h1,3-4,10-13,20H,2,5-9,14-19,21-24H2,(H,31,35)(H,32,36). The number of nitrogens with one attached hydrogen (secondary N) is 2. The van der Waals surface area contributed by atoms with Gasteiger partial charge in [0.2, 0.25) is 11.8 Å².